The van der Waals surface area contributed by atoms with Crippen LogP contribution in [-0.2, 0) is 18.1 Å². The van der Waals surface area contributed by atoms with Crippen molar-refractivity contribution in [3.8, 4) is 0 Å². The summed E-state index contributed by atoms with van der Waals surface area (Å²) in [6.07, 6.45) is 1.83. The lowest BCUT2D eigenvalue weighted by atomic mass is 10.2. The van der Waals surface area contributed by atoms with Crippen LogP contribution in [0, 0.1) is 0 Å². The van der Waals surface area contributed by atoms with Crippen LogP contribution in [-0.4, -0.2) is 10.1 Å². The molecular formula is C14H15NOS. The highest BCUT2D eigenvalue weighted by Crippen LogP contribution is 2.17. The van der Waals surface area contributed by atoms with Gasteiger partial charge < -0.3 is 5.11 Å². The lowest BCUT2D eigenvalue weighted by Crippen LogP contribution is -1.87. The number of thioether (sulfide) groups is 1. The van der Waals surface area contributed by atoms with Gasteiger partial charge in [-0.25, -0.2) is 0 Å². The van der Waals surface area contributed by atoms with Gasteiger partial charge in [-0.3, -0.25) is 4.98 Å². The molecule has 0 bridgehead atoms. The molecule has 0 aliphatic rings. The van der Waals surface area contributed by atoms with Crippen molar-refractivity contribution in [2.24, 2.45) is 0 Å². The number of aromatic nitrogens is 1. The molecule has 0 saturated carbocycles. The highest BCUT2D eigenvalue weighted by molar-refractivity contribution is 7.97. The zero-order chi connectivity index (χ0) is 11.9. The van der Waals surface area contributed by atoms with E-state index in [9.17, 15) is 0 Å². The van der Waals surface area contributed by atoms with Crippen molar-refractivity contribution < 1.29 is 5.11 Å². The van der Waals surface area contributed by atoms with Gasteiger partial charge in [0.1, 0.15) is 0 Å². The summed E-state index contributed by atoms with van der Waals surface area (Å²) in [6.45, 7) is 0.112. The van der Waals surface area contributed by atoms with Crippen molar-refractivity contribution in [2.45, 2.75) is 18.1 Å². The van der Waals surface area contributed by atoms with E-state index in [2.05, 4.69) is 17.1 Å². The van der Waals surface area contributed by atoms with Crippen molar-refractivity contribution in [1.82, 2.24) is 4.98 Å². The molecule has 88 valence electrons. The molecule has 17 heavy (non-hydrogen) atoms. The first-order chi connectivity index (χ1) is 8.38. The first kappa shape index (κ1) is 12.1. The van der Waals surface area contributed by atoms with E-state index in [1.807, 2.05) is 48.3 Å². The zero-order valence-corrected chi connectivity index (χ0v) is 10.4. The Balaban J connectivity index is 1.82. The van der Waals surface area contributed by atoms with Gasteiger partial charge in [0.25, 0.3) is 0 Å². The van der Waals surface area contributed by atoms with Crippen molar-refractivity contribution in [3.63, 3.8) is 0 Å². The van der Waals surface area contributed by atoms with Crippen molar-refractivity contribution >= 4 is 11.8 Å². The number of hydrogen-bond donors (Lipinski definition) is 1. The van der Waals surface area contributed by atoms with E-state index >= 15 is 0 Å². The molecule has 0 aliphatic carbocycles. The van der Waals surface area contributed by atoms with Crippen LogP contribution in [0.2, 0.25) is 0 Å². The summed E-state index contributed by atoms with van der Waals surface area (Å²) in [5, 5.41) is 8.94. The van der Waals surface area contributed by atoms with Crippen LogP contribution < -0.4 is 0 Å². The van der Waals surface area contributed by atoms with Crippen LogP contribution in [0.25, 0.3) is 0 Å². The Labute approximate surface area is 106 Å². The SMILES string of the molecule is OCc1ccc(CSCc2ccccn2)cc1. The van der Waals surface area contributed by atoms with E-state index in [1.165, 1.54) is 5.56 Å². The van der Waals surface area contributed by atoms with Crippen LogP contribution in [0.1, 0.15) is 16.8 Å². The Morgan fingerprint density at radius 2 is 1.71 bits per heavy atom. The van der Waals surface area contributed by atoms with E-state index in [4.69, 9.17) is 5.11 Å². The van der Waals surface area contributed by atoms with E-state index in [-0.39, 0.29) is 6.61 Å². The molecule has 1 aromatic heterocycles. The fraction of sp³-hybridized carbons (Fsp3) is 0.214. The Morgan fingerprint density at radius 3 is 2.35 bits per heavy atom. The number of rotatable bonds is 5. The molecule has 1 aromatic carbocycles. The van der Waals surface area contributed by atoms with Gasteiger partial charge >= 0.3 is 0 Å². The number of hydrogen-bond acceptors (Lipinski definition) is 3. The molecule has 2 rings (SSSR count). The summed E-state index contributed by atoms with van der Waals surface area (Å²) in [4.78, 5) is 4.28. The molecule has 0 unspecified atom stereocenters. The first-order valence-corrected chi connectivity index (χ1v) is 6.70. The van der Waals surface area contributed by atoms with E-state index in [1.54, 1.807) is 0 Å². The standard InChI is InChI=1S/C14H15NOS/c16-9-12-4-6-13(7-5-12)10-17-11-14-3-1-2-8-15-14/h1-8,16H,9-11H2. The van der Waals surface area contributed by atoms with Crippen LogP contribution in [0.3, 0.4) is 0 Å². The molecule has 2 nitrogen and oxygen atoms in total. The minimum absolute atomic E-state index is 0.112. The van der Waals surface area contributed by atoms with Gasteiger partial charge in [-0.1, -0.05) is 30.3 Å². The Bertz CT molecular complexity index is 442. The largest absolute Gasteiger partial charge is 0.392 e. The Hall–Kier alpha value is -1.32. The van der Waals surface area contributed by atoms with Crippen LogP contribution >= 0.6 is 11.8 Å². The van der Waals surface area contributed by atoms with Crippen molar-refractivity contribution in [3.05, 3.63) is 65.5 Å². The molecule has 0 radical (unpaired) electrons. The number of aliphatic hydroxyl groups is 1. The molecule has 0 fully saturated rings. The molecular weight excluding hydrogens is 230 g/mol. The second-order valence-electron chi connectivity index (χ2n) is 3.79. The average molecular weight is 245 g/mol. The number of benzene rings is 1. The molecule has 0 aliphatic heterocycles. The summed E-state index contributed by atoms with van der Waals surface area (Å²) in [6, 6.07) is 14.1. The minimum Gasteiger partial charge on any atom is -0.392 e. The third-order valence-electron chi connectivity index (χ3n) is 2.45. The van der Waals surface area contributed by atoms with E-state index in [0.717, 1.165) is 22.8 Å². The number of pyridine rings is 1. The molecule has 0 atom stereocenters. The lowest BCUT2D eigenvalue weighted by molar-refractivity contribution is 0.282. The van der Waals surface area contributed by atoms with Crippen LogP contribution in [0.5, 0.6) is 0 Å². The molecule has 1 N–H and O–H groups in total. The summed E-state index contributed by atoms with van der Waals surface area (Å²) in [7, 11) is 0. The zero-order valence-electron chi connectivity index (χ0n) is 9.54. The maximum atomic E-state index is 8.94. The molecule has 0 saturated heterocycles. The maximum Gasteiger partial charge on any atom is 0.0681 e. The smallest absolute Gasteiger partial charge is 0.0681 e. The van der Waals surface area contributed by atoms with Gasteiger partial charge in [0.15, 0.2) is 0 Å². The fourth-order valence-electron chi connectivity index (χ4n) is 1.50. The highest BCUT2D eigenvalue weighted by atomic mass is 32.2. The summed E-state index contributed by atoms with van der Waals surface area (Å²) in [5.74, 6) is 1.91. The van der Waals surface area contributed by atoms with Crippen LogP contribution in [0.4, 0.5) is 0 Å². The number of nitrogens with zero attached hydrogens (tertiary/aromatic N) is 1. The summed E-state index contributed by atoms with van der Waals surface area (Å²) < 4.78 is 0. The van der Waals surface area contributed by atoms with Gasteiger partial charge in [-0.2, -0.15) is 11.8 Å². The van der Waals surface area contributed by atoms with E-state index in [0.29, 0.717) is 0 Å². The van der Waals surface area contributed by atoms with Gasteiger partial charge in [0, 0.05) is 17.7 Å². The Kier molecular flexibility index (Phi) is 4.59. The van der Waals surface area contributed by atoms with Crippen molar-refractivity contribution in [2.75, 3.05) is 0 Å². The monoisotopic (exact) mass is 245 g/mol. The normalized spacial score (nSPS) is 10.4. The van der Waals surface area contributed by atoms with Gasteiger partial charge in [0.05, 0.1) is 12.3 Å². The first-order valence-electron chi connectivity index (χ1n) is 5.55. The average Bonchev–Trinajstić information content (AvgIpc) is 2.41. The summed E-state index contributed by atoms with van der Waals surface area (Å²) in [5.41, 5.74) is 3.36. The molecule has 3 heteroatoms. The third-order valence-corrected chi connectivity index (χ3v) is 3.49. The molecule has 2 aromatic rings. The second kappa shape index (κ2) is 6.42. The van der Waals surface area contributed by atoms with Gasteiger partial charge in [-0.15, -0.1) is 0 Å². The minimum atomic E-state index is 0.112. The highest BCUT2D eigenvalue weighted by Gasteiger charge is 1.96. The summed E-state index contributed by atoms with van der Waals surface area (Å²) >= 11 is 1.85. The molecule has 1 heterocycles. The predicted molar refractivity (Wildman–Crippen MR) is 71.6 cm³/mol. The second-order valence-corrected chi connectivity index (χ2v) is 4.77. The molecule has 0 spiro atoms. The van der Waals surface area contributed by atoms with Crippen LogP contribution in [0.15, 0.2) is 48.7 Å². The predicted octanol–water partition coefficient (Wildman–Crippen LogP) is 3.01. The molecule has 0 amide bonds. The topological polar surface area (TPSA) is 33.1 Å². The van der Waals surface area contributed by atoms with E-state index < -0.39 is 0 Å². The maximum absolute atomic E-state index is 8.94. The Morgan fingerprint density at radius 1 is 0.941 bits per heavy atom. The van der Waals surface area contributed by atoms with Gasteiger partial charge in [-0.05, 0) is 23.3 Å². The lowest BCUT2D eigenvalue weighted by Gasteiger charge is -2.03. The number of aliphatic hydroxyl groups excluding tert-OH is 1. The van der Waals surface area contributed by atoms with Crippen molar-refractivity contribution in [1.29, 1.82) is 0 Å². The quantitative estimate of drug-likeness (QED) is 0.879. The van der Waals surface area contributed by atoms with Gasteiger partial charge in [0.2, 0.25) is 0 Å². The third kappa shape index (κ3) is 3.88. The fourth-order valence-corrected chi connectivity index (χ4v) is 2.41.